The molecule has 0 N–H and O–H groups in total. The zero-order chi connectivity index (χ0) is 16.4. The third-order valence-corrected chi connectivity index (χ3v) is 5.27. The molecular weight excluding hydrogens is 414 g/mol. The molecule has 1 atom stereocenters. The molecule has 0 amide bonds. The van der Waals surface area contributed by atoms with Gasteiger partial charge in [0.1, 0.15) is 0 Å². The third kappa shape index (κ3) is 3.89. The van der Waals surface area contributed by atoms with Crippen LogP contribution < -0.4 is 4.90 Å². The molecule has 120 valence electrons. The molecular formula is C20H21Br2N. The van der Waals surface area contributed by atoms with E-state index in [0.717, 1.165) is 10.9 Å². The summed E-state index contributed by atoms with van der Waals surface area (Å²) in [6, 6.07) is 15.9. The van der Waals surface area contributed by atoms with Gasteiger partial charge in [-0.1, -0.05) is 44.0 Å². The van der Waals surface area contributed by atoms with Gasteiger partial charge in [0, 0.05) is 21.9 Å². The van der Waals surface area contributed by atoms with Crippen LogP contribution in [0.25, 0.3) is 0 Å². The van der Waals surface area contributed by atoms with E-state index in [1.54, 1.807) is 0 Å². The minimum Gasteiger partial charge on any atom is -0.338 e. The Labute approximate surface area is 155 Å². The molecule has 1 nitrogen and oxygen atoms in total. The molecule has 1 unspecified atom stereocenters. The largest absolute Gasteiger partial charge is 0.338 e. The van der Waals surface area contributed by atoms with Crippen molar-refractivity contribution in [1.82, 2.24) is 0 Å². The highest BCUT2D eigenvalue weighted by atomic mass is 79.9. The van der Waals surface area contributed by atoms with Gasteiger partial charge in [-0.05, 0) is 85.1 Å². The van der Waals surface area contributed by atoms with Gasteiger partial charge in [-0.3, -0.25) is 0 Å². The lowest BCUT2D eigenvalue weighted by molar-refractivity contribution is 0.720. The maximum Gasteiger partial charge on any atom is 0.0416 e. The highest BCUT2D eigenvalue weighted by Crippen LogP contribution is 2.34. The Morgan fingerprint density at radius 2 is 1.74 bits per heavy atom. The second-order valence-electron chi connectivity index (χ2n) is 6.18. The van der Waals surface area contributed by atoms with Crippen LogP contribution in [0.5, 0.6) is 0 Å². The molecule has 0 saturated heterocycles. The summed E-state index contributed by atoms with van der Waals surface area (Å²) < 4.78 is 2.31. The minimum absolute atomic E-state index is 0.391. The summed E-state index contributed by atoms with van der Waals surface area (Å²) in [4.78, 5) is 2.44. The number of anilines is 2. The molecule has 0 aromatic heterocycles. The van der Waals surface area contributed by atoms with Gasteiger partial charge in [-0.15, -0.1) is 0 Å². The normalized spacial score (nSPS) is 14.9. The average molecular weight is 435 g/mol. The van der Waals surface area contributed by atoms with Gasteiger partial charge in [-0.25, -0.2) is 0 Å². The molecule has 3 heteroatoms. The van der Waals surface area contributed by atoms with Crippen LogP contribution in [0.3, 0.4) is 0 Å². The average Bonchev–Trinajstić information content (AvgIpc) is 2.50. The smallest absolute Gasteiger partial charge is 0.0416 e. The number of fused-ring (bicyclic) bond motifs is 1. The van der Waals surface area contributed by atoms with Gasteiger partial charge in [0.2, 0.25) is 0 Å². The number of hydrogen-bond donors (Lipinski definition) is 0. The number of halogens is 2. The van der Waals surface area contributed by atoms with Crippen LogP contribution in [0.15, 0.2) is 57.5 Å². The van der Waals surface area contributed by atoms with Gasteiger partial charge in [0.25, 0.3) is 0 Å². The third-order valence-electron chi connectivity index (χ3n) is 4.42. The Morgan fingerprint density at radius 3 is 2.30 bits per heavy atom. The van der Waals surface area contributed by atoms with E-state index >= 15 is 0 Å². The van der Waals surface area contributed by atoms with Crippen LogP contribution in [-0.2, 0) is 12.8 Å². The zero-order valence-electron chi connectivity index (χ0n) is 13.5. The second-order valence-corrected chi connectivity index (χ2v) is 8.34. The molecule has 23 heavy (non-hydrogen) atoms. The van der Waals surface area contributed by atoms with Crippen molar-refractivity contribution in [3.63, 3.8) is 0 Å². The number of hydrogen-bond acceptors (Lipinski definition) is 1. The Hall–Kier alpha value is -1.06. The SMILES string of the molecule is C/C(Br)=C\CC(C)N(c1ccc(Br)cc1)c1ccc2c(c1)CC2. The molecule has 0 fully saturated rings. The van der Waals surface area contributed by atoms with Gasteiger partial charge in [0.15, 0.2) is 0 Å². The lowest BCUT2D eigenvalue weighted by Gasteiger charge is -2.33. The number of benzene rings is 2. The first kappa shape index (κ1) is 16.8. The van der Waals surface area contributed by atoms with Crippen LogP contribution in [0, 0.1) is 0 Å². The van der Waals surface area contributed by atoms with Crippen molar-refractivity contribution in [1.29, 1.82) is 0 Å². The van der Waals surface area contributed by atoms with Crippen LogP contribution in [0.1, 0.15) is 31.4 Å². The summed E-state index contributed by atoms with van der Waals surface area (Å²) in [7, 11) is 0. The van der Waals surface area contributed by atoms with E-state index < -0.39 is 0 Å². The summed E-state index contributed by atoms with van der Waals surface area (Å²) in [5.41, 5.74) is 5.54. The van der Waals surface area contributed by atoms with Gasteiger partial charge >= 0.3 is 0 Å². The molecule has 0 bridgehead atoms. The lowest BCUT2D eigenvalue weighted by Crippen LogP contribution is -2.28. The van der Waals surface area contributed by atoms with Crippen LogP contribution in [0.4, 0.5) is 11.4 Å². The van der Waals surface area contributed by atoms with Crippen LogP contribution >= 0.6 is 31.9 Å². The Balaban J connectivity index is 1.96. The molecule has 2 aromatic carbocycles. The predicted molar refractivity (Wildman–Crippen MR) is 107 cm³/mol. The van der Waals surface area contributed by atoms with Crippen LogP contribution in [0.2, 0.25) is 0 Å². The van der Waals surface area contributed by atoms with Crippen molar-refractivity contribution in [2.75, 3.05) is 4.90 Å². The number of rotatable bonds is 5. The van der Waals surface area contributed by atoms with Crippen molar-refractivity contribution >= 4 is 43.2 Å². The summed E-state index contributed by atoms with van der Waals surface area (Å²) >= 11 is 7.07. The summed E-state index contributed by atoms with van der Waals surface area (Å²) in [5.74, 6) is 0. The number of aryl methyl sites for hydroxylation is 2. The Morgan fingerprint density at radius 1 is 1.09 bits per heavy atom. The molecule has 0 radical (unpaired) electrons. The van der Waals surface area contributed by atoms with E-state index in [1.165, 1.54) is 39.8 Å². The highest BCUT2D eigenvalue weighted by molar-refractivity contribution is 9.11. The minimum atomic E-state index is 0.391. The van der Waals surface area contributed by atoms with Crippen molar-refractivity contribution in [3.8, 4) is 0 Å². The monoisotopic (exact) mass is 433 g/mol. The summed E-state index contributed by atoms with van der Waals surface area (Å²) in [6.07, 6.45) is 5.70. The maximum atomic E-state index is 3.54. The lowest BCUT2D eigenvalue weighted by atomic mass is 9.88. The molecule has 1 aliphatic rings. The molecule has 3 rings (SSSR count). The molecule has 0 aliphatic heterocycles. The fraction of sp³-hybridized carbons (Fsp3) is 0.300. The van der Waals surface area contributed by atoms with E-state index in [4.69, 9.17) is 0 Å². The van der Waals surface area contributed by atoms with Gasteiger partial charge in [-0.2, -0.15) is 0 Å². The topological polar surface area (TPSA) is 3.24 Å². The second kappa shape index (κ2) is 7.23. The summed E-state index contributed by atoms with van der Waals surface area (Å²) in [6.45, 7) is 4.37. The highest BCUT2D eigenvalue weighted by Gasteiger charge is 2.20. The molecule has 1 aliphatic carbocycles. The Bertz CT molecular complexity index is 715. The summed E-state index contributed by atoms with van der Waals surface area (Å²) in [5, 5.41) is 0. The molecule has 0 spiro atoms. The van der Waals surface area contributed by atoms with E-state index in [1.807, 2.05) is 0 Å². The fourth-order valence-corrected chi connectivity index (χ4v) is 3.48. The van der Waals surface area contributed by atoms with Gasteiger partial charge in [0.05, 0.1) is 0 Å². The van der Waals surface area contributed by atoms with E-state index in [0.29, 0.717) is 6.04 Å². The van der Waals surface area contributed by atoms with Crippen molar-refractivity contribution in [2.45, 2.75) is 39.2 Å². The quantitative estimate of drug-likeness (QED) is 0.502. The van der Waals surface area contributed by atoms with Gasteiger partial charge < -0.3 is 4.90 Å². The maximum absolute atomic E-state index is 3.54. The first-order chi connectivity index (χ1) is 11.0. The van der Waals surface area contributed by atoms with Crippen molar-refractivity contribution < 1.29 is 0 Å². The molecule has 0 heterocycles. The van der Waals surface area contributed by atoms with E-state index in [9.17, 15) is 0 Å². The first-order valence-electron chi connectivity index (χ1n) is 8.03. The van der Waals surface area contributed by atoms with E-state index in [-0.39, 0.29) is 0 Å². The zero-order valence-corrected chi connectivity index (χ0v) is 16.7. The van der Waals surface area contributed by atoms with Crippen molar-refractivity contribution in [3.05, 3.63) is 68.6 Å². The van der Waals surface area contributed by atoms with Crippen LogP contribution in [-0.4, -0.2) is 6.04 Å². The molecule has 2 aromatic rings. The Kier molecular flexibility index (Phi) is 5.27. The van der Waals surface area contributed by atoms with E-state index in [2.05, 4.69) is 99.1 Å². The van der Waals surface area contributed by atoms with Crippen molar-refractivity contribution in [2.24, 2.45) is 0 Å². The number of nitrogens with zero attached hydrogens (tertiary/aromatic N) is 1. The first-order valence-corrected chi connectivity index (χ1v) is 9.62. The fourth-order valence-electron chi connectivity index (χ4n) is 3.03. The predicted octanol–water partition coefficient (Wildman–Crippen LogP) is 6.76. The number of allylic oxidation sites excluding steroid dienone is 1. The standard InChI is InChI=1S/C20H21Br2N/c1-14(21)3-4-15(2)23(19-11-8-18(22)9-12-19)20-10-7-16-5-6-17(16)13-20/h3,7-13,15H,4-6H2,1-2H3/b14-3+. The molecule has 0 saturated carbocycles.